The maximum atomic E-state index is 12.5. The van der Waals surface area contributed by atoms with Crippen LogP contribution in [0.5, 0.6) is 0 Å². The summed E-state index contributed by atoms with van der Waals surface area (Å²) in [5.41, 5.74) is 8.61. The van der Waals surface area contributed by atoms with Crippen molar-refractivity contribution in [2.45, 2.75) is 31.4 Å². The lowest BCUT2D eigenvalue weighted by Crippen LogP contribution is -2.45. The van der Waals surface area contributed by atoms with Crippen molar-refractivity contribution in [3.05, 3.63) is 54.6 Å². The number of amides is 2. The molecular weight excluding hydrogens is 392 g/mol. The molecule has 2 fully saturated rings. The zero-order valence-corrected chi connectivity index (χ0v) is 17.7. The van der Waals surface area contributed by atoms with Crippen LogP contribution in [0, 0.1) is 0 Å². The van der Waals surface area contributed by atoms with E-state index in [0.29, 0.717) is 13.1 Å². The van der Waals surface area contributed by atoms with Gasteiger partial charge in [0.2, 0.25) is 5.91 Å². The van der Waals surface area contributed by atoms with Crippen molar-refractivity contribution in [3.8, 4) is 11.1 Å². The van der Waals surface area contributed by atoms with Crippen molar-refractivity contribution in [3.63, 3.8) is 0 Å². The quantitative estimate of drug-likeness (QED) is 0.774. The topological polar surface area (TPSA) is 87.9 Å². The second kappa shape index (κ2) is 9.94. The van der Waals surface area contributed by atoms with Crippen LogP contribution in [0.1, 0.15) is 19.3 Å². The number of nitrogens with zero attached hydrogens (tertiary/aromatic N) is 2. The minimum Gasteiger partial charge on any atom is -0.446 e. The number of anilines is 1. The van der Waals surface area contributed by atoms with E-state index >= 15 is 0 Å². The third kappa shape index (κ3) is 5.62. The summed E-state index contributed by atoms with van der Waals surface area (Å²) in [6, 6.07) is 17.7. The molecule has 1 unspecified atom stereocenters. The van der Waals surface area contributed by atoms with Gasteiger partial charge in [-0.2, -0.15) is 0 Å². The lowest BCUT2D eigenvalue weighted by Gasteiger charge is -2.32. The normalized spacial score (nSPS) is 19.9. The summed E-state index contributed by atoms with van der Waals surface area (Å²) in [7, 11) is 0. The number of likely N-dealkylation sites (tertiary alicyclic amines) is 2. The Morgan fingerprint density at radius 1 is 0.968 bits per heavy atom. The van der Waals surface area contributed by atoms with Gasteiger partial charge in [-0.1, -0.05) is 48.5 Å². The smallest absolute Gasteiger partial charge is 0.411 e. The van der Waals surface area contributed by atoms with E-state index < -0.39 is 6.09 Å². The molecule has 2 aliphatic rings. The molecule has 164 valence electrons. The Balaban J connectivity index is 1.25. The molecule has 1 atom stereocenters. The predicted molar refractivity (Wildman–Crippen MR) is 121 cm³/mol. The zero-order chi connectivity index (χ0) is 21.6. The number of ether oxygens (including phenoxy) is 1. The Morgan fingerprint density at radius 3 is 2.39 bits per heavy atom. The summed E-state index contributed by atoms with van der Waals surface area (Å²) in [5, 5.41) is 2.89. The van der Waals surface area contributed by atoms with Gasteiger partial charge in [-0.25, -0.2) is 4.79 Å². The lowest BCUT2D eigenvalue weighted by atomic mass is 10.0. The first-order valence-corrected chi connectivity index (χ1v) is 11.0. The van der Waals surface area contributed by atoms with Gasteiger partial charge in [0.25, 0.3) is 0 Å². The second-order valence-electron chi connectivity index (χ2n) is 8.31. The van der Waals surface area contributed by atoms with Crippen LogP contribution in [0.2, 0.25) is 0 Å². The summed E-state index contributed by atoms with van der Waals surface area (Å²) in [4.78, 5) is 28.9. The largest absolute Gasteiger partial charge is 0.446 e. The van der Waals surface area contributed by atoms with Gasteiger partial charge in [0, 0.05) is 37.8 Å². The number of piperidine rings is 1. The number of hydrogen-bond acceptors (Lipinski definition) is 5. The number of rotatable bonds is 5. The first-order chi connectivity index (χ1) is 15.1. The number of benzene rings is 2. The van der Waals surface area contributed by atoms with E-state index in [0.717, 1.165) is 55.7 Å². The van der Waals surface area contributed by atoms with E-state index in [9.17, 15) is 9.59 Å². The number of nitrogens with two attached hydrogens (primary N) is 1. The maximum absolute atomic E-state index is 12.5. The van der Waals surface area contributed by atoms with Gasteiger partial charge in [-0.05, 0) is 30.9 Å². The molecule has 7 nitrogen and oxygen atoms in total. The number of carbonyl (C=O) groups is 2. The fourth-order valence-corrected chi connectivity index (χ4v) is 4.24. The SMILES string of the molecule is NC1CCN(C(=O)CN2CCC(OC(=O)Nc3ccccc3-c3ccccc3)CC2)C1. The number of carbonyl (C=O) groups excluding carboxylic acids is 2. The lowest BCUT2D eigenvalue weighted by molar-refractivity contribution is -0.132. The molecule has 0 aliphatic carbocycles. The number of para-hydroxylation sites is 1. The van der Waals surface area contributed by atoms with E-state index in [2.05, 4.69) is 10.2 Å². The highest BCUT2D eigenvalue weighted by Gasteiger charge is 2.28. The van der Waals surface area contributed by atoms with E-state index in [1.165, 1.54) is 0 Å². The van der Waals surface area contributed by atoms with Crippen LogP contribution >= 0.6 is 0 Å². The summed E-state index contributed by atoms with van der Waals surface area (Å²) in [5.74, 6) is 0.141. The van der Waals surface area contributed by atoms with E-state index in [1.54, 1.807) is 0 Å². The molecule has 4 rings (SSSR count). The van der Waals surface area contributed by atoms with Gasteiger partial charge in [-0.15, -0.1) is 0 Å². The van der Waals surface area contributed by atoms with Crippen LogP contribution in [0.3, 0.4) is 0 Å². The third-order valence-electron chi connectivity index (χ3n) is 5.99. The van der Waals surface area contributed by atoms with Crippen LogP contribution in [-0.2, 0) is 9.53 Å². The summed E-state index contributed by atoms with van der Waals surface area (Å²) in [6.07, 6.45) is 1.74. The van der Waals surface area contributed by atoms with E-state index in [-0.39, 0.29) is 18.1 Å². The Kier molecular flexibility index (Phi) is 6.84. The zero-order valence-electron chi connectivity index (χ0n) is 17.7. The van der Waals surface area contributed by atoms with Gasteiger partial charge in [0.05, 0.1) is 12.2 Å². The van der Waals surface area contributed by atoms with E-state index in [4.69, 9.17) is 10.5 Å². The van der Waals surface area contributed by atoms with Crippen LogP contribution < -0.4 is 11.1 Å². The molecule has 2 aromatic rings. The van der Waals surface area contributed by atoms with Gasteiger partial charge >= 0.3 is 6.09 Å². The molecule has 0 saturated carbocycles. The van der Waals surface area contributed by atoms with Crippen molar-refractivity contribution in [1.82, 2.24) is 9.80 Å². The molecule has 0 spiro atoms. The second-order valence-corrected chi connectivity index (χ2v) is 8.31. The number of nitrogens with one attached hydrogen (secondary N) is 1. The van der Waals surface area contributed by atoms with Gasteiger partial charge in [-0.3, -0.25) is 15.0 Å². The van der Waals surface area contributed by atoms with Crippen molar-refractivity contribution in [1.29, 1.82) is 0 Å². The average molecular weight is 423 g/mol. The number of hydrogen-bond donors (Lipinski definition) is 2. The molecule has 2 aromatic carbocycles. The average Bonchev–Trinajstić information content (AvgIpc) is 3.22. The van der Waals surface area contributed by atoms with Crippen LogP contribution in [-0.4, -0.2) is 66.7 Å². The summed E-state index contributed by atoms with van der Waals surface area (Å²) >= 11 is 0. The minimum absolute atomic E-state index is 0.105. The molecule has 2 amide bonds. The van der Waals surface area contributed by atoms with E-state index in [1.807, 2.05) is 59.5 Å². The highest BCUT2D eigenvalue weighted by molar-refractivity contribution is 5.91. The molecule has 0 aromatic heterocycles. The Hall–Kier alpha value is -2.90. The first kappa shape index (κ1) is 21.3. The van der Waals surface area contributed by atoms with Crippen LogP contribution in [0.25, 0.3) is 11.1 Å². The Bertz CT molecular complexity index is 897. The Morgan fingerprint density at radius 2 is 1.68 bits per heavy atom. The van der Waals surface area contributed by atoms with Crippen molar-refractivity contribution < 1.29 is 14.3 Å². The van der Waals surface area contributed by atoms with Crippen LogP contribution in [0.4, 0.5) is 10.5 Å². The first-order valence-electron chi connectivity index (χ1n) is 11.0. The molecule has 0 radical (unpaired) electrons. The highest BCUT2D eigenvalue weighted by atomic mass is 16.6. The monoisotopic (exact) mass is 422 g/mol. The maximum Gasteiger partial charge on any atom is 0.411 e. The standard InChI is InChI=1S/C24H30N4O3/c25-19-10-15-28(16-19)23(29)17-27-13-11-20(12-14-27)31-24(30)26-22-9-5-4-8-21(22)18-6-2-1-3-7-18/h1-9,19-20H,10-17,25H2,(H,26,30). The fraction of sp³-hybridized carbons (Fsp3) is 0.417. The van der Waals surface area contributed by atoms with Crippen LogP contribution in [0.15, 0.2) is 54.6 Å². The molecule has 2 aliphatic heterocycles. The minimum atomic E-state index is -0.441. The van der Waals surface area contributed by atoms with Gasteiger partial charge in [0.1, 0.15) is 6.10 Å². The predicted octanol–water partition coefficient (Wildman–Crippen LogP) is 2.93. The van der Waals surface area contributed by atoms with Crippen molar-refractivity contribution in [2.24, 2.45) is 5.73 Å². The third-order valence-corrected chi connectivity index (χ3v) is 5.99. The van der Waals surface area contributed by atoms with Gasteiger partial charge < -0.3 is 15.4 Å². The molecular formula is C24H30N4O3. The molecule has 7 heteroatoms. The molecule has 2 saturated heterocycles. The summed E-state index contributed by atoms with van der Waals surface area (Å²) in [6.45, 7) is 3.30. The molecule has 0 bridgehead atoms. The summed E-state index contributed by atoms with van der Waals surface area (Å²) < 4.78 is 5.66. The van der Waals surface area contributed by atoms with Gasteiger partial charge in [0.15, 0.2) is 0 Å². The van der Waals surface area contributed by atoms with Crippen molar-refractivity contribution in [2.75, 3.05) is 38.0 Å². The molecule has 3 N–H and O–H groups in total. The molecule has 2 heterocycles. The van der Waals surface area contributed by atoms with Crippen molar-refractivity contribution >= 4 is 17.7 Å². The highest BCUT2D eigenvalue weighted by Crippen LogP contribution is 2.28. The molecule has 31 heavy (non-hydrogen) atoms. The fourth-order valence-electron chi connectivity index (χ4n) is 4.24. The Labute approximate surface area is 183 Å².